The fraction of sp³-hybridized carbons (Fsp3) is 0.880. The van der Waals surface area contributed by atoms with Gasteiger partial charge < -0.3 is 31.7 Å². The van der Waals surface area contributed by atoms with Crippen LogP contribution in [0.3, 0.4) is 0 Å². The highest BCUT2D eigenvalue weighted by molar-refractivity contribution is 5.77. The molecule has 0 aromatic heterocycles. The minimum absolute atomic E-state index is 0.0845. The minimum atomic E-state index is -0.753. The maximum atomic E-state index is 10.9. The van der Waals surface area contributed by atoms with E-state index in [4.69, 9.17) is 21.1 Å². The van der Waals surface area contributed by atoms with Crippen LogP contribution < -0.4 is 16.4 Å². The fourth-order valence-corrected chi connectivity index (χ4v) is 5.87. The first-order chi connectivity index (χ1) is 16.0. The Morgan fingerprint density at radius 3 is 1.53 bits per heavy atom. The SMILES string of the molecule is C[C@H](NC1CCCC1)C(=O)O.C[C@H](NC1CCCCC1)C(=O)O.NC1CC2CCC1(C(=O)O)C2. The van der Waals surface area contributed by atoms with Crippen molar-refractivity contribution in [3.05, 3.63) is 0 Å². The summed E-state index contributed by atoms with van der Waals surface area (Å²) in [4.78, 5) is 31.8. The summed E-state index contributed by atoms with van der Waals surface area (Å²) in [5.74, 6) is -1.58. The molecule has 0 aromatic rings. The molecule has 4 aliphatic carbocycles. The second kappa shape index (κ2) is 13.4. The average molecular weight is 484 g/mol. The summed E-state index contributed by atoms with van der Waals surface area (Å²) < 4.78 is 0. The van der Waals surface area contributed by atoms with Gasteiger partial charge in [-0.2, -0.15) is 0 Å². The normalized spacial score (nSPS) is 30.4. The van der Waals surface area contributed by atoms with Crippen molar-refractivity contribution in [1.29, 1.82) is 0 Å². The van der Waals surface area contributed by atoms with Gasteiger partial charge in [-0.1, -0.05) is 32.1 Å². The fourth-order valence-electron chi connectivity index (χ4n) is 5.87. The molecule has 9 heteroatoms. The molecule has 4 saturated carbocycles. The number of rotatable bonds is 7. The Morgan fingerprint density at radius 1 is 0.794 bits per heavy atom. The molecule has 196 valence electrons. The number of carboxylic acids is 3. The number of carboxylic acid groups (broad SMARTS) is 3. The molecule has 0 spiro atoms. The first-order valence-electron chi connectivity index (χ1n) is 13.0. The molecule has 9 nitrogen and oxygen atoms in total. The molecule has 2 bridgehead atoms. The van der Waals surface area contributed by atoms with Crippen molar-refractivity contribution in [3.63, 3.8) is 0 Å². The summed E-state index contributed by atoms with van der Waals surface area (Å²) in [6.07, 6.45) is 14.4. The maximum absolute atomic E-state index is 10.9. The molecule has 4 aliphatic rings. The Bertz CT molecular complexity index is 678. The van der Waals surface area contributed by atoms with E-state index >= 15 is 0 Å². The lowest BCUT2D eigenvalue weighted by Crippen LogP contribution is -2.43. The lowest BCUT2D eigenvalue weighted by atomic mass is 9.80. The number of nitrogens with two attached hydrogens (primary N) is 1. The molecular weight excluding hydrogens is 438 g/mol. The van der Waals surface area contributed by atoms with Crippen LogP contribution in [0, 0.1) is 11.3 Å². The van der Waals surface area contributed by atoms with E-state index < -0.39 is 35.4 Å². The van der Waals surface area contributed by atoms with E-state index in [-0.39, 0.29) is 6.04 Å². The highest BCUT2D eigenvalue weighted by atomic mass is 16.4. The number of fused-ring (bicyclic) bond motifs is 2. The third kappa shape index (κ3) is 8.20. The van der Waals surface area contributed by atoms with Gasteiger partial charge in [0.25, 0.3) is 0 Å². The van der Waals surface area contributed by atoms with Gasteiger partial charge in [-0.05, 0) is 71.1 Å². The molecule has 4 rings (SSSR count). The van der Waals surface area contributed by atoms with Crippen molar-refractivity contribution < 1.29 is 29.7 Å². The lowest BCUT2D eigenvalue weighted by molar-refractivity contribution is -0.149. The van der Waals surface area contributed by atoms with E-state index in [1.807, 2.05) is 0 Å². The molecule has 0 amide bonds. The second-order valence-corrected chi connectivity index (χ2v) is 10.7. The number of carbonyl (C=O) groups is 3. The van der Waals surface area contributed by atoms with Crippen LogP contribution in [-0.2, 0) is 14.4 Å². The van der Waals surface area contributed by atoms with Gasteiger partial charge in [0, 0.05) is 18.1 Å². The maximum Gasteiger partial charge on any atom is 0.320 e. The monoisotopic (exact) mass is 483 g/mol. The zero-order valence-electron chi connectivity index (χ0n) is 20.8. The van der Waals surface area contributed by atoms with Crippen LogP contribution in [0.25, 0.3) is 0 Å². The number of hydrogen-bond donors (Lipinski definition) is 6. The predicted octanol–water partition coefficient (Wildman–Crippen LogP) is 2.96. The van der Waals surface area contributed by atoms with E-state index in [1.54, 1.807) is 13.8 Å². The Hall–Kier alpha value is -1.71. The van der Waals surface area contributed by atoms with Crippen LogP contribution in [0.15, 0.2) is 0 Å². The largest absolute Gasteiger partial charge is 0.481 e. The van der Waals surface area contributed by atoms with Crippen LogP contribution in [0.2, 0.25) is 0 Å². The molecule has 0 saturated heterocycles. The van der Waals surface area contributed by atoms with Gasteiger partial charge in [0.05, 0.1) is 5.41 Å². The summed E-state index contributed by atoms with van der Waals surface area (Å²) in [6, 6.07) is 0.0101. The Labute approximate surface area is 203 Å². The van der Waals surface area contributed by atoms with Crippen molar-refractivity contribution in [2.24, 2.45) is 17.1 Å². The van der Waals surface area contributed by atoms with Crippen LogP contribution in [0.1, 0.15) is 97.3 Å². The Balaban J connectivity index is 0.000000180. The summed E-state index contributed by atoms with van der Waals surface area (Å²) in [7, 11) is 0. The minimum Gasteiger partial charge on any atom is -0.481 e. The molecule has 0 aromatic carbocycles. The summed E-state index contributed by atoms with van der Waals surface area (Å²) in [5, 5.41) is 32.4. The highest BCUT2D eigenvalue weighted by Crippen LogP contribution is 2.53. The van der Waals surface area contributed by atoms with Gasteiger partial charge in [0.15, 0.2) is 0 Å². The first kappa shape index (κ1) is 28.5. The average Bonchev–Trinajstić information content (AvgIpc) is 3.52. The number of aliphatic carboxylic acids is 3. The molecule has 5 atom stereocenters. The van der Waals surface area contributed by atoms with E-state index in [1.165, 1.54) is 32.1 Å². The molecule has 0 aliphatic heterocycles. The molecule has 3 unspecified atom stereocenters. The smallest absolute Gasteiger partial charge is 0.320 e. The topological polar surface area (TPSA) is 162 Å². The second-order valence-electron chi connectivity index (χ2n) is 10.7. The standard InChI is InChI=1S/C9H17NO2.C8H13NO2.C8H15NO2/c1-7(9(11)12)10-8-5-3-2-4-6-8;9-6-3-5-1-2-8(6,4-5)7(10)11;1-6(8(10)11)9-7-4-2-3-5-7/h7-8,10H,2-6H2,1H3,(H,11,12);5-6H,1-4,9H2,(H,10,11);6-7,9H,2-5H2,1H3,(H,10,11)/t7-;;6-/m0.0/s1. The van der Waals surface area contributed by atoms with Crippen LogP contribution in [0.5, 0.6) is 0 Å². The van der Waals surface area contributed by atoms with Gasteiger partial charge in [-0.15, -0.1) is 0 Å². The van der Waals surface area contributed by atoms with E-state index in [0.717, 1.165) is 51.4 Å². The third-order valence-corrected chi connectivity index (χ3v) is 8.05. The van der Waals surface area contributed by atoms with Crippen LogP contribution >= 0.6 is 0 Å². The lowest BCUT2D eigenvalue weighted by Gasteiger charge is -2.27. The first-order valence-corrected chi connectivity index (χ1v) is 13.0. The highest BCUT2D eigenvalue weighted by Gasteiger charge is 2.55. The summed E-state index contributed by atoms with van der Waals surface area (Å²) >= 11 is 0. The van der Waals surface area contributed by atoms with E-state index in [2.05, 4.69) is 10.6 Å². The predicted molar refractivity (Wildman–Crippen MR) is 130 cm³/mol. The van der Waals surface area contributed by atoms with E-state index in [9.17, 15) is 14.4 Å². The van der Waals surface area contributed by atoms with Crippen molar-refractivity contribution in [2.45, 2.75) is 128 Å². The number of nitrogens with one attached hydrogen (secondary N) is 2. The quantitative estimate of drug-likeness (QED) is 0.319. The molecule has 0 heterocycles. The van der Waals surface area contributed by atoms with E-state index in [0.29, 0.717) is 18.0 Å². The summed E-state index contributed by atoms with van der Waals surface area (Å²) in [5.41, 5.74) is 5.24. The van der Waals surface area contributed by atoms with Gasteiger partial charge in [0.2, 0.25) is 0 Å². The summed E-state index contributed by atoms with van der Waals surface area (Å²) in [6.45, 7) is 3.40. The van der Waals surface area contributed by atoms with Crippen molar-refractivity contribution in [2.75, 3.05) is 0 Å². The van der Waals surface area contributed by atoms with Crippen LogP contribution in [-0.4, -0.2) is 63.4 Å². The molecule has 34 heavy (non-hydrogen) atoms. The molecular formula is C25H45N3O6. The van der Waals surface area contributed by atoms with Gasteiger partial charge in [-0.25, -0.2) is 0 Å². The zero-order valence-corrected chi connectivity index (χ0v) is 20.8. The number of hydrogen-bond acceptors (Lipinski definition) is 6. The third-order valence-electron chi connectivity index (χ3n) is 8.05. The zero-order chi connectivity index (χ0) is 25.3. The van der Waals surface area contributed by atoms with Gasteiger partial charge in [-0.3, -0.25) is 14.4 Å². The van der Waals surface area contributed by atoms with Crippen molar-refractivity contribution >= 4 is 17.9 Å². The van der Waals surface area contributed by atoms with Gasteiger partial charge in [0.1, 0.15) is 12.1 Å². The molecule has 7 N–H and O–H groups in total. The molecule has 0 radical (unpaired) electrons. The van der Waals surface area contributed by atoms with Crippen molar-refractivity contribution in [3.8, 4) is 0 Å². The Morgan fingerprint density at radius 2 is 1.24 bits per heavy atom. The van der Waals surface area contributed by atoms with Crippen LogP contribution in [0.4, 0.5) is 0 Å². The Kier molecular flexibility index (Phi) is 11.2. The van der Waals surface area contributed by atoms with Gasteiger partial charge >= 0.3 is 17.9 Å². The molecule has 4 fully saturated rings. The van der Waals surface area contributed by atoms with Crippen molar-refractivity contribution in [1.82, 2.24) is 10.6 Å².